The molecule has 2 aromatic carbocycles. The third kappa shape index (κ3) is 2.48. The zero-order valence-corrected chi connectivity index (χ0v) is 13.3. The van der Waals surface area contributed by atoms with Crippen LogP contribution in [0.3, 0.4) is 0 Å². The summed E-state index contributed by atoms with van der Waals surface area (Å²) in [6.07, 6.45) is 10.5. The average molecular weight is 299 g/mol. The van der Waals surface area contributed by atoms with Gasteiger partial charge in [0.15, 0.2) is 0 Å². The molecule has 0 spiro atoms. The maximum absolute atomic E-state index is 6.84. The first-order valence-corrected chi connectivity index (χ1v) is 8.94. The van der Waals surface area contributed by atoms with E-state index in [2.05, 4.69) is 30.3 Å². The second-order valence-electron chi connectivity index (χ2n) is 6.86. The fourth-order valence-electron chi connectivity index (χ4n) is 4.38. The third-order valence-corrected chi connectivity index (χ3v) is 5.93. The van der Waals surface area contributed by atoms with Crippen LogP contribution in [0, 0.1) is 5.92 Å². The van der Waals surface area contributed by atoms with Crippen molar-refractivity contribution in [1.29, 1.82) is 0 Å². The van der Waals surface area contributed by atoms with Gasteiger partial charge in [0.1, 0.15) is 0 Å². The highest BCUT2D eigenvalue weighted by atomic mass is 35.5. The van der Waals surface area contributed by atoms with Crippen LogP contribution in [0.1, 0.15) is 60.6 Å². The van der Waals surface area contributed by atoms with Crippen molar-refractivity contribution in [3.05, 3.63) is 47.0 Å². The van der Waals surface area contributed by atoms with Gasteiger partial charge >= 0.3 is 0 Å². The fraction of sp³-hybridized carbons (Fsp3) is 0.500. The van der Waals surface area contributed by atoms with Crippen LogP contribution in [-0.2, 0) is 12.8 Å². The van der Waals surface area contributed by atoms with Crippen LogP contribution in [0.4, 0.5) is 0 Å². The molecule has 0 aliphatic heterocycles. The first-order chi connectivity index (χ1) is 10.3. The van der Waals surface area contributed by atoms with Gasteiger partial charge in [0.25, 0.3) is 0 Å². The minimum Gasteiger partial charge on any atom is -0.118 e. The second-order valence-corrected chi connectivity index (χ2v) is 7.39. The highest BCUT2D eigenvalue weighted by Gasteiger charge is 2.22. The van der Waals surface area contributed by atoms with Gasteiger partial charge in [-0.25, -0.2) is 0 Å². The van der Waals surface area contributed by atoms with E-state index in [1.54, 1.807) is 0 Å². The molecule has 4 rings (SSSR count). The molecule has 2 aliphatic rings. The standard InChI is InChI=1S/C20H23Cl/c21-19(13-14-5-2-1-3-6-14)17-12-11-16-10-9-15-7-4-8-18(17)20(15)16/h4,7-8,11-12,14,19H,1-3,5-6,9-10,13H2. The zero-order chi connectivity index (χ0) is 14.2. The fourth-order valence-corrected chi connectivity index (χ4v) is 4.83. The first-order valence-electron chi connectivity index (χ1n) is 8.50. The Morgan fingerprint density at radius 2 is 1.71 bits per heavy atom. The van der Waals surface area contributed by atoms with E-state index in [1.807, 2.05) is 0 Å². The monoisotopic (exact) mass is 298 g/mol. The molecule has 1 unspecified atom stereocenters. The van der Waals surface area contributed by atoms with Gasteiger partial charge in [-0.1, -0.05) is 62.4 Å². The van der Waals surface area contributed by atoms with Crippen LogP contribution in [0.25, 0.3) is 10.8 Å². The Bertz CT molecular complexity index is 642. The molecule has 1 fully saturated rings. The first kappa shape index (κ1) is 13.6. The number of aryl methyl sites for hydroxylation is 2. The summed E-state index contributed by atoms with van der Waals surface area (Å²) in [5.74, 6) is 0.837. The van der Waals surface area contributed by atoms with Crippen LogP contribution < -0.4 is 0 Å². The quantitative estimate of drug-likeness (QED) is 0.593. The number of hydrogen-bond acceptors (Lipinski definition) is 0. The lowest BCUT2D eigenvalue weighted by molar-refractivity contribution is 0.336. The van der Waals surface area contributed by atoms with E-state index < -0.39 is 0 Å². The van der Waals surface area contributed by atoms with Crippen molar-refractivity contribution in [1.82, 2.24) is 0 Å². The van der Waals surface area contributed by atoms with Gasteiger partial charge in [-0.15, -0.1) is 11.6 Å². The lowest BCUT2D eigenvalue weighted by atomic mass is 9.84. The van der Waals surface area contributed by atoms with Gasteiger partial charge in [-0.05, 0) is 52.6 Å². The molecule has 1 atom stereocenters. The van der Waals surface area contributed by atoms with E-state index >= 15 is 0 Å². The lowest BCUT2D eigenvalue weighted by Crippen LogP contribution is -2.09. The Kier molecular flexibility index (Phi) is 3.67. The highest BCUT2D eigenvalue weighted by molar-refractivity contribution is 6.22. The summed E-state index contributed by atoms with van der Waals surface area (Å²) in [5.41, 5.74) is 4.40. The number of halogens is 1. The van der Waals surface area contributed by atoms with Crippen molar-refractivity contribution in [2.75, 3.05) is 0 Å². The van der Waals surface area contributed by atoms with Gasteiger partial charge in [-0.3, -0.25) is 0 Å². The molecule has 2 aromatic rings. The smallest absolute Gasteiger partial charge is 0.0594 e. The SMILES string of the molecule is ClC(CC1CCCCC1)c1ccc2c3c(cccc13)CC2. The number of alkyl halides is 1. The van der Waals surface area contributed by atoms with E-state index in [4.69, 9.17) is 11.6 Å². The second kappa shape index (κ2) is 5.65. The third-order valence-electron chi connectivity index (χ3n) is 5.51. The molecule has 0 heterocycles. The molecule has 0 N–H and O–H groups in total. The van der Waals surface area contributed by atoms with Crippen molar-refractivity contribution in [3.63, 3.8) is 0 Å². The molecular weight excluding hydrogens is 276 g/mol. The Morgan fingerprint density at radius 1 is 0.952 bits per heavy atom. The number of benzene rings is 2. The largest absolute Gasteiger partial charge is 0.118 e. The Balaban J connectivity index is 1.67. The molecule has 2 aliphatic carbocycles. The van der Waals surface area contributed by atoms with Crippen LogP contribution in [0.15, 0.2) is 30.3 Å². The van der Waals surface area contributed by atoms with Crippen LogP contribution in [0.2, 0.25) is 0 Å². The molecule has 0 bridgehead atoms. The van der Waals surface area contributed by atoms with Crippen LogP contribution >= 0.6 is 11.6 Å². The number of hydrogen-bond donors (Lipinski definition) is 0. The summed E-state index contributed by atoms with van der Waals surface area (Å²) in [6, 6.07) is 11.4. The maximum Gasteiger partial charge on any atom is 0.0594 e. The van der Waals surface area contributed by atoms with Crippen LogP contribution in [-0.4, -0.2) is 0 Å². The molecule has 0 aromatic heterocycles. The van der Waals surface area contributed by atoms with E-state index in [1.165, 1.54) is 72.4 Å². The van der Waals surface area contributed by atoms with E-state index in [9.17, 15) is 0 Å². The number of rotatable bonds is 3. The molecule has 1 saturated carbocycles. The Morgan fingerprint density at radius 3 is 2.52 bits per heavy atom. The molecule has 0 nitrogen and oxygen atoms in total. The van der Waals surface area contributed by atoms with Crippen molar-refractivity contribution in [2.24, 2.45) is 5.92 Å². The van der Waals surface area contributed by atoms with Crippen LogP contribution in [0.5, 0.6) is 0 Å². The minimum absolute atomic E-state index is 0.179. The molecule has 0 amide bonds. The lowest BCUT2D eigenvalue weighted by Gasteiger charge is -2.24. The summed E-state index contributed by atoms with van der Waals surface area (Å²) >= 11 is 6.84. The zero-order valence-electron chi connectivity index (χ0n) is 12.6. The van der Waals surface area contributed by atoms with Gasteiger partial charge < -0.3 is 0 Å². The average Bonchev–Trinajstić information content (AvgIpc) is 2.94. The Labute approximate surface area is 132 Å². The van der Waals surface area contributed by atoms with E-state index in [-0.39, 0.29) is 5.38 Å². The Hall–Kier alpha value is -1.01. The van der Waals surface area contributed by atoms with E-state index in [0.717, 1.165) is 12.3 Å². The normalized spacial score (nSPS) is 20.0. The predicted octanol–water partition coefficient (Wildman–Crippen LogP) is 6.19. The molecule has 0 radical (unpaired) electrons. The summed E-state index contributed by atoms with van der Waals surface area (Å²) in [4.78, 5) is 0. The molecular formula is C20H23Cl. The van der Waals surface area contributed by atoms with Gasteiger partial charge in [0.05, 0.1) is 5.38 Å². The minimum atomic E-state index is 0.179. The predicted molar refractivity (Wildman–Crippen MR) is 91.1 cm³/mol. The van der Waals surface area contributed by atoms with Gasteiger partial charge in [-0.2, -0.15) is 0 Å². The van der Waals surface area contributed by atoms with Gasteiger partial charge in [0, 0.05) is 0 Å². The molecule has 110 valence electrons. The van der Waals surface area contributed by atoms with Crippen molar-refractivity contribution in [2.45, 2.75) is 56.7 Å². The highest BCUT2D eigenvalue weighted by Crippen LogP contribution is 2.40. The summed E-state index contributed by atoms with van der Waals surface area (Å²) in [6.45, 7) is 0. The summed E-state index contributed by atoms with van der Waals surface area (Å²) in [5, 5.41) is 3.10. The van der Waals surface area contributed by atoms with Crippen molar-refractivity contribution >= 4 is 22.4 Å². The van der Waals surface area contributed by atoms with Crippen molar-refractivity contribution < 1.29 is 0 Å². The molecule has 0 saturated heterocycles. The van der Waals surface area contributed by atoms with Crippen molar-refractivity contribution in [3.8, 4) is 0 Å². The molecule has 1 heteroatoms. The molecule has 21 heavy (non-hydrogen) atoms. The van der Waals surface area contributed by atoms with Gasteiger partial charge in [0.2, 0.25) is 0 Å². The van der Waals surface area contributed by atoms with E-state index in [0.29, 0.717) is 0 Å². The summed E-state index contributed by atoms with van der Waals surface area (Å²) < 4.78 is 0. The maximum atomic E-state index is 6.84. The summed E-state index contributed by atoms with van der Waals surface area (Å²) in [7, 11) is 0. The topological polar surface area (TPSA) is 0 Å².